The van der Waals surface area contributed by atoms with E-state index in [1.54, 1.807) is 13.1 Å². The van der Waals surface area contributed by atoms with E-state index in [1.165, 1.54) is 5.69 Å². The third-order valence-corrected chi connectivity index (χ3v) is 6.98. The van der Waals surface area contributed by atoms with Crippen LogP contribution in [0.2, 0.25) is 0 Å². The minimum atomic E-state index is 0.0961. The average molecular weight is 498 g/mol. The molecule has 0 spiro atoms. The van der Waals surface area contributed by atoms with Gasteiger partial charge in [-0.15, -0.1) is 0 Å². The fourth-order valence-electron chi connectivity index (χ4n) is 4.84. The number of carbonyl (C=O) groups excluding carboxylic acids is 1. The van der Waals surface area contributed by atoms with Gasteiger partial charge in [-0.25, -0.2) is 9.97 Å². The predicted octanol–water partition coefficient (Wildman–Crippen LogP) is 3.69. The summed E-state index contributed by atoms with van der Waals surface area (Å²) in [6.07, 6.45) is 3.30. The Morgan fingerprint density at radius 2 is 1.95 bits per heavy atom. The van der Waals surface area contributed by atoms with Gasteiger partial charge in [-0.05, 0) is 48.4 Å². The molecule has 2 aromatic carbocycles. The summed E-state index contributed by atoms with van der Waals surface area (Å²) in [7, 11) is 0. The van der Waals surface area contributed by atoms with Gasteiger partial charge in [0.2, 0.25) is 5.91 Å². The summed E-state index contributed by atoms with van der Waals surface area (Å²) in [5, 5.41) is 9.74. The quantitative estimate of drug-likeness (QED) is 0.492. The summed E-state index contributed by atoms with van der Waals surface area (Å²) < 4.78 is 11.4. The minimum Gasteiger partial charge on any atom is -0.492 e. The number of rotatable bonds is 7. The van der Waals surface area contributed by atoms with Crippen molar-refractivity contribution in [2.24, 2.45) is 5.92 Å². The number of nitriles is 1. The molecule has 0 bridgehead atoms. The zero-order valence-corrected chi connectivity index (χ0v) is 21.1. The summed E-state index contributed by atoms with van der Waals surface area (Å²) in [6.45, 7) is 6.91. The first kappa shape index (κ1) is 24.7. The van der Waals surface area contributed by atoms with Crippen molar-refractivity contribution < 1.29 is 14.3 Å². The monoisotopic (exact) mass is 497 g/mol. The Hall–Kier alpha value is -3.96. The maximum Gasteiger partial charge on any atom is 0.219 e. The van der Waals surface area contributed by atoms with Crippen molar-refractivity contribution in [3.8, 4) is 23.1 Å². The molecule has 2 aliphatic rings. The second-order valence-electron chi connectivity index (χ2n) is 9.55. The van der Waals surface area contributed by atoms with Gasteiger partial charge < -0.3 is 19.3 Å². The third kappa shape index (κ3) is 6.07. The number of benzene rings is 2. The SMILES string of the molecule is CC(=O)N1CCC(COc2ccc(-c3ccnc(Cc4ccc(N5CCOCC5)cc4)n3)cc2C#N)C1. The molecule has 8 nitrogen and oxygen atoms in total. The van der Waals surface area contributed by atoms with Gasteiger partial charge in [-0.1, -0.05) is 12.1 Å². The third-order valence-electron chi connectivity index (χ3n) is 6.98. The van der Waals surface area contributed by atoms with Crippen LogP contribution in [0.1, 0.15) is 30.3 Å². The Morgan fingerprint density at radius 1 is 1.14 bits per heavy atom. The molecule has 37 heavy (non-hydrogen) atoms. The van der Waals surface area contributed by atoms with Crippen LogP contribution in [0.15, 0.2) is 54.7 Å². The molecule has 0 radical (unpaired) electrons. The average Bonchev–Trinajstić information content (AvgIpc) is 3.42. The summed E-state index contributed by atoms with van der Waals surface area (Å²) >= 11 is 0. The number of hydrogen-bond acceptors (Lipinski definition) is 7. The largest absolute Gasteiger partial charge is 0.492 e. The van der Waals surface area contributed by atoms with Crippen molar-refractivity contribution in [1.29, 1.82) is 5.26 Å². The summed E-state index contributed by atoms with van der Waals surface area (Å²) in [6, 6.07) is 18.2. The zero-order chi connectivity index (χ0) is 25.6. The van der Waals surface area contributed by atoms with Gasteiger partial charge in [0, 0.05) is 62.9 Å². The minimum absolute atomic E-state index is 0.0961. The van der Waals surface area contributed by atoms with Crippen LogP contribution in [0.25, 0.3) is 11.3 Å². The van der Waals surface area contributed by atoms with Crippen molar-refractivity contribution >= 4 is 11.6 Å². The first-order valence-corrected chi connectivity index (χ1v) is 12.8. The molecule has 2 fully saturated rings. The van der Waals surface area contributed by atoms with Crippen molar-refractivity contribution in [2.45, 2.75) is 19.8 Å². The molecule has 1 unspecified atom stereocenters. The predicted molar refractivity (Wildman–Crippen MR) is 140 cm³/mol. The highest BCUT2D eigenvalue weighted by atomic mass is 16.5. The van der Waals surface area contributed by atoms with E-state index in [0.717, 1.165) is 61.9 Å². The molecular formula is C29H31N5O3. The Morgan fingerprint density at radius 3 is 2.68 bits per heavy atom. The van der Waals surface area contributed by atoms with Gasteiger partial charge in [0.05, 0.1) is 31.1 Å². The van der Waals surface area contributed by atoms with Gasteiger partial charge >= 0.3 is 0 Å². The lowest BCUT2D eigenvalue weighted by Crippen LogP contribution is -2.36. The molecule has 0 N–H and O–H groups in total. The first-order chi connectivity index (χ1) is 18.1. The van der Waals surface area contributed by atoms with E-state index in [2.05, 4.69) is 40.2 Å². The number of aromatic nitrogens is 2. The zero-order valence-electron chi connectivity index (χ0n) is 21.1. The molecular weight excluding hydrogens is 466 g/mol. The number of carbonyl (C=O) groups is 1. The number of nitrogens with zero attached hydrogens (tertiary/aromatic N) is 5. The number of hydrogen-bond donors (Lipinski definition) is 0. The second-order valence-corrected chi connectivity index (χ2v) is 9.55. The van der Waals surface area contributed by atoms with E-state index in [9.17, 15) is 10.1 Å². The molecule has 8 heteroatoms. The number of anilines is 1. The van der Waals surface area contributed by atoms with E-state index < -0.39 is 0 Å². The van der Waals surface area contributed by atoms with Crippen molar-refractivity contribution in [2.75, 3.05) is 50.9 Å². The van der Waals surface area contributed by atoms with E-state index in [0.29, 0.717) is 30.9 Å². The highest BCUT2D eigenvalue weighted by molar-refractivity contribution is 5.73. The van der Waals surface area contributed by atoms with Gasteiger partial charge in [0.15, 0.2) is 0 Å². The van der Waals surface area contributed by atoms with Gasteiger partial charge in [-0.2, -0.15) is 5.26 Å². The van der Waals surface area contributed by atoms with E-state index in [-0.39, 0.29) is 11.8 Å². The van der Waals surface area contributed by atoms with Crippen molar-refractivity contribution in [3.63, 3.8) is 0 Å². The molecule has 190 valence electrons. The fourth-order valence-corrected chi connectivity index (χ4v) is 4.84. The molecule has 2 saturated heterocycles. The highest BCUT2D eigenvalue weighted by Gasteiger charge is 2.25. The van der Waals surface area contributed by atoms with Crippen LogP contribution < -0.4 is 9.64 Å². The van der Waals surface area contributed by atoms with Crippen LogP contribution in [0.4, 0.5) is 5.69 Å². The Kier molecular flexibility index (Phi) is 7.62. The molecule has 3 aromatic rings. The second kappa shape index (κ2) is 11.4. The Balaban J connectivity index is 1.24. The lowest BCUT2D eigenvalue weighted by Gasteiger charge is -2.28. The van der Waals surface area contributed by atoms with Crippen LogP contribution in [0.3, 0.4) is 0 Å². The molecule has 3 heterocycles. The lowest BCUT2D eigenvalue weighted by atomic mass is 10.1. The summed E-state index contributed by atoms with van der Waals surface area (Å²) in [5.74, 6) is 1.66. The lowest BCUT2D eigenvalue weighted by molar-refractivity contribution is -0.127. The normalized spacial score (nSPS) is 17.5. The van der Waals surface area contributed by atoms with E-state index in [4.69, 9.17) is 14.5 Å². The number of ether oxygens (including phenoxy) is 2. The van der Waals surface area contributed by atoms with Crippen LogP contribution in [-0.4, -0.2) is 66.8 Å². The first-order valence-electron chi connectivity index (χ1n) is 12.8. The summed E-state index contributed by atoms with van der Waals surface area (Å²) in [5.41, 5.74) is 4.44. The molecule has 2 aliphatic heterocycles. The Labute approximate surface area is 217 Å². The number of morpholine rings is 1. The maximum absolute atomic E-state index is 11.6. The van der Waals surface area contributed by atoms with Gasteiger partial charge in [-0.3, -0.25) is 4.79 Å². The van der Waals surface area contributed by atoms with Crippen LogP contribution >= 0.6 is 0 Å². The van der Waals surface area contributed by atoms with Crippen molar-refractivity contribution in [1.82, 2.24) is 14.9 Å². The van der Waals surface area contributed by atoms with Crippen LogP contribution in [0, 0.1) is 17.2 Å². The highest BCUT2D eigenvalue weighted by Crippen LogP contribution is 2.27. The molecule has 1 atom stereocenters. The van der Waals surface area contributed by atoms with Gasteiger partial charge in [0.25, 0.3) is 0 Å². The smallest absolute Gasteiger partial charge is 0.219 e. The van der Waals surface area contributed by atoms with Gasteiger partial charge in [0.1, 0.15) is 17.6 Å². The van der Waals surface area contributed by atoms with E-state index in [1.807, 2.05) is 29.2 Å². The molecule has 1 aromatic heterocycles. The number of likely N-dealkylation sites (tertiary alicyclic amines) is 1. The molecule has 0 aliphatic carbocycles. The number of amides is 1. The topological polar surface area (TPSA) is 91.6 Å². The molecule has 1 amide bonds. The van der Waals surface area contributed by atoms with Crippen LogP contribution in [0.5, 0.6) is 5.75 Å². The molecule has 0 saturated carbocycles. The van der Waals surface area contributed by atoms with Crippen LogP contribution in [-0.2, 0) is 16.0 Å². The van der Waals surface area contributed by atoms with Crippen molar-refractivity contribution in [3.05, 3.63) is 71.7 Å². The van der Waals surface area contributed by atoms with E-state index >= 15 is 0 Å². The maximum atomic E-state index is 11.6. The standard InChI is InChI=1S/C29H31N5O3/c1-21(35)34-11-9-23(19-34)20-37-28-7-4-24(17-25(28)18-30)27-8-10-31-29(32-27)16-22-2-5-26(6-3-22)33-12-14-36-15-13-33/h2-8,10,17,23H,9,11-16,19-20H2,1H3. The summed E-state index contributed by atoms with van der Waals surface area (Å²) in [4.78, 5) is 25.0. The molecule has 5 rings (SSSR count). The Bertz CT molecular complexity index is 1280. The fraction of sp³-hybridized carbons (Fsp3) is 0.379.